The van der Waals surface area contributed by atoms with Crippen LogP contribution < -0.4 is 10.6 Å². The first-order valence-electron chi connectivity index (χ1n) is 4.63. The van der Waals surface area contributed by atoms with E-state index in [9.17, 15) is 4.79 Å². The Morgan fingerprint density at radius 1 is 1.67 bits per heavy atom. The Kier molecular flexibility index (Phi) is 4.17. The topological polar surface area (TPSA) is 54.0 Å². The average molecular weight is 203 g/mol. The number of carbonyl (C=O) groups excluding carboxylic acids is 1. The summed E-state index contributed by atoms with van der Waals surface area (Å²) in [5.41, 5.74) is 1.24. The lowest BCUT2D eigenvalue weighted by Crippen LogP contribution is -2.19. The molecule has 0 fully saturated rings. The van der Waals surface area contributed by atoms with Crippen LogP contribution in [-0.2, 0) is 0 Å². The van der Waals surface area contributed by atoms with Gasteiger partial charge in [-0.05, 0) is 12.1 Å². The van der Waals surface area contributed by atoms with Crippen LogP contribution in [0, 0.1) is 12.3 Å². The molecule has 0 aliphatic rings. The van der Waals surface area contributed by atoms with E-state index in [1.807, 2.05) is 0 Å². The molecular weight excluding hydrogens is 190 g/mol. The molecule has 2 N–H and O–H groups in total. The number of carbonyl (C=O) groups is 1. The summed E-state index contributed by atoms with van der Waals surface area (Å²) in [6, 6.07) is 3.48. The van der Waals surface area contributed by atoms with Crippen molar-refractivity contribution in [3.63, 3.8) is 0 Å². The summed E-state index contributed by atoms with van der Waals surface area (Å²) in [7, 11) is 1.57. The third kappa shape index (κ3) is 3.31. The molecule has 4 nitrogen and oxygen atoms in total. The van der Waals surface area contributed by atoms with Crippen molar-refractivity contribution in [1.82, 2.24) is 10.3 Å². The molecule has 1 rings (SSSR count). The number of aromatic nitrogens is 1. The molecule has 0 saturated heterocycles. The first kappa shape index (κ1) is 11.1. The lowest BCUT2D eigenvalue weighted by molar-refractivity contribution is 0.0958. The van der Waals surface area contributed by atoms with E-state index in [1.54, 1.807) is 25.4 Å². The number of rotatable bonds is 4. The van der Waals surface area contributed by atoms with E-state index in [1.165, 1.54) is 0 Å². The van der Waals surface area contributed by atoms with Crippen LogP contribution in [0.1, 0.15) is 16.9 Å². The van der Waals surface area contributed by atoms with Gasteiger partial charge in [0.1, 0.15) is 5.69 Å². The van der Waals surface area contributed by atoms with E-state index in [0.29, 0.717) is 18.7 Å². The fourth-order valence-electron chi connectivity index (χ4n) is 1.07. The Hall–Kier alpha value is -2.02. The van der Waals surface area contributed by atoms with Gasteiger partial charge in [0.15, 0.2) is 0 Å². The Morgan fingerprint density at radius 3 is 3.13 bits per heavy atom. The quantitative estimate of drug-likeness (QED) is 0.564. The van der Waals surface area contributed by atoms with Gasteiger partial charge >= 0.3 is 0 Å². The molecule has 0 bridgehead atoms. The number of hydrogen-bond donors (Lipinski definition) is 2. The van der Waals surface area contributed by atoms with E-state index >= 15 is 0 Å². The van der Waals surface area contributed by atoms with Crippen molar-refractivity contribution in [2.24, 2.45) is 0 Å². The fraction of sp³-hybridized carbons (Fsp3) is 0.273. The van der Waals surface area contributed by atoms with Gasteiger partial charge in [-0.1, -0.05) is 0 Å². The fourth-order valence-corrected chi connectivity index (χ4v) is 1.07. The summed E-state index contributed by atoms with van der Waals surface area (Å²) in [6.45, 7) is 0.688. The molecule has 15 heavy (non-hydrogen) atoms. The maximum absolute atomic E-state index is 11.3. The van der Waals surface area contributed by atoms with Crippen molar-refractivity contribution < 1.29 is 4.79 Å². The number of terminal acetylenes is 1. The minimum absolute atomic E-state index is 0.199. The second kappa shape index (κ2) is 5.66. The predicted octanol–water partition coefficient (Wildman–Crippen LogP) is 0.876. The van der Waals surface area contributed by atoms with Crippen LogP contribution in [0.2, 0.25) is 0 Å². The number of anilines is 1. The van der Waals surface area contributed by atoms with Crippen molar-refractivity contribution in [1.29, 1.82) is 0 Å². The maximum Gasteiger partial charge on any atom is 0.269 e. The van der Waals surface area contributed by atoms with Crippen molar-refractivity contribution in [2.45, 2.75) is 6.42 Å². The first-order valence-corrected chi connectivity index (χ1v) is 4.63. The Morgan fingerprint density at radius 2 is 2.47 bits per heavy atom. The molecular formula is C11H13N3O. The van der Waals surface area contributed by atoms with Crippen LogP contribution in [0.4, 0.5) is 5.69 Å². The number of nitrogens with zero attached hydrogens (tertiary/aromatic N) is 1. The zero-order valence-corrected chi connectivity index (χ0v) is 8.58. The van der Waals surface area contributed by atoms with E-state index < -0.39 is 0 Å². The van der Waals surface area contributed by atoms with Crippen molar-refractivity contribution in [2.75, 3.05) is 18.9 Å². The average Bonchev–Trinajstić information content (AvgIpc) is 2.29. The lowest BCUT2D eigenvalue weighted by atomic mass is 10.3. The zero-order chi connectivity index (χ0) is 11.1. The van der Waals surface area contributed by atoms with Gasteiger partial charge in [0.05, 0.1) is 0 Å². The van der Waals surface area contributed by atoms with Crippen LogP contribution in [0.3, 0.4) is 0 Å². The summed E-state index contributed by atoms with van der Waals surface area (Å²) < 4.78 is 0. The molecule has 0 aromatic carbocycles. The molecule has 0 atom stereocenters. The van der Waals surface area contributed by atoms with E-state index in [4.69, 9.17) is 6.42 Å². The van der Waals surface area contributed by atoms with Crippen LogP contribution in [0.25, 0.3) is 0 Å². The van der Waals surface area contributed by atoms with Gasteiger partial charge in [-0.2, -0.15) is 0 Å². The molecule has 1 amide bonds. The largest absolute Gasteiger partial charge is 0.384 e. The summed E-state index contributed by atoms with van der Waals surface area (Å²) in [4.78, 5) is 15.2. The Bertz CT molecular complexity index is 382. The number of pyridine rings is 1. The predicted molar refractivity (Wildman–Crippen MR) is 59.6 cm³/mol. The zero-order valence-electron chi connectivity index (χ0n) is 8.58. The third-order valence-electron chi connectivity index (χ3n) is 1.82. The second-order valence-electron chi connectivity index (χ2n) is 2.89. The summed E-state index contributed by atoms with van der Waals surface area (Å²) in [5.74, 6) is 2.33. The van der Waals surface area contributed by atoms with Gasteiger partial charge in [0.25, 0.3) is 5.91 Å². The molecule has 0 unspecified atom stereocenters. The highest BCUT2D eigenvalue weighted by Crippen LogP contribution is 2.07. The van der Waals surface area contributed by atoms with Crippen molar-refractivity contribution in [3.8, 4) is 12.3 Å². The van der Waals surface area contributed by atoms with Gasteiger partial charge in [0.2, 0.25) is 0 Å². The van der Waals surface area contributed by atoms with Crippen LogP contribution in [0.15, 0.2) is 18.3 Å². The Labute approximate surface area is 89.1 Å². The minimum Gasteiger partial charge on any atom is -0.384 e. The van der Waals surface area contributed by atoms with Crippen molar-refractivity contribution in [3.05, 3.63) is 24.0 Å². The minimum atomic E-state index is -0.199. The van der Waals surface area contributed by atoms with Gasteiger partial charge in [0, 0.05) is 31.9 Å². The molecule has 1 heterocycles. The molecule has 1 aromatic heterocycles. The molecule has 0 saturated carbocycles. The smallest absolute Gasteiger partial charge is 0.269 e. The normalized spacial score (nSPS) is 9.07. The van der Waals surface area contributed by atoms with Crippen LogP contribution >= 0.6 is 0 Å². The number of hydrogen-bond acceptors (Lipinski definition) is 3. The highest BCUT2D eigenvalue weighted by molar-refractivity contribution is 5.92. The molecule has 1 aromatic rings. The highest BCUT2D eigenvalue weighted by atomic mass is 16.1. The third-order valence-corrected chi connectivity index (χ3v) is 1.82. The standard InChI is InChI=1S/C11H13N3O/c1-3-4-6-13-9-5-7-14-10(8-9)11(15)12-2/h1,5,7-8H,4,6H2,2H3,(H,12,15)(H,13,14). The van der Waals surface area contributed by atoms with Gasteiger partial charge < -0.3 is 10.6 Å². The lowest BCUT2D eigenvalue weighted by Gasteiger charge is -2.05. The molecule has 0 spiro atoms. The van der Waals surface area contributed by atoms with Gasteiger partial charge in [-0.15, -0.1) is 12.3 Å². The summed E-state index contributed by atoms with van der Waals surface area (Å²) in [6.07, 6.45) is 7.36. The number of nitrogens with one attached hydrogen (secondary N) is 2. The van der Waals surface area contributed by atoms with Crippen LogP contribution in [-0.4, -0.2) is 24.5 Å². The summed E-state index contributed by atoms with van der Waals surface area (Å²) in [5, 5.41) is 5.62. The van der Waals surface area contributed by atoms with Crippen molar-refractivity contribution >= 4 is 11.6 Å². The SMILES string of the molecule is C#CCCNc1ccnc(C(=O)NC)c1. The molecule has 78 valence electrons. The molecule has 0 aliphatic heterocycles. The second-order valence-corrected chi connectivity index (χ2v) is 2.89. The highest BCUT2D eigenvalue weighted by Gasteiger charge is 2.04. The van der Waals surface area contributed by atoms with E-state index in [0.717, 1.165) is 5.69 Å². The van der Waals surface area contributed by atoms with Gasteiger partial charge in [-0.3, -0.25) is 9.78 Å². The first-order chi connectivity index (χ1) is 7.27. The number of amides is 1. The van der Waals surface area contributed by atoms with Gasteiger partial charge in [-0.25, -0.2) is 0 Å². The summed E-state index contributed by atoms with van der Waals surface area (Å²) >= 11 is 0. The monoisotopic (exact) mass is 203 g/mol. The van der Waals surface area contributed by atoms with Crippen LogP contribution in [0.5, 0.6) is 0 Å². The molecule has 0 aliphatic carbocycles. The van der Waals surface area contributed by atoms with E-state index in [2.05, 4.69) is 21.5 Å². The molecule has 4 heteroatoms. The Balaban J connectivity index is 2.66. The van der Waals surface area contributed by atoms with E-state index in [-0.39, 0.29) is 5.91 Å². The molecule has 0 radical (unpaired) electrons. The maximum atomic E-state index is 11.3.